The van der Waals surface area contributed by atoms with Crippen LogP contribution in [0.2, 0.25) is 0 Å². The van der Waals surface area contributed by atoms with Gasteiger partial charge in [0.2, 0.25) is 0 Å². The Morgan fingerprint density at radius 3 is 2.60 bits per heavy atom. The van der Waals surface area contributed by atoms with Gasteiger partial charge in [0, 0.05) is 23.5 Å². The Balaban J connectivity index is 1.67. The number of para-hydroxylation sites is 1. The fourth-order valence-corrected chi connectivity index (χ4v) is 5.30. The number of benzene rings is 1. The molecule has 0 radical (unpaired) electrons. The van der Waals surface area contributed by atoms with Crippen molar-refractivity contribution in [2.45, 2.75) is 40.3 Å². The molecule has 1 amide bonds. The summed E-state index contributed by atoms with van der Waals surface area (Å²) in [5, 5.41) is 7.31. The summed E-state index contributed by atoms with van der Waals surface area (Å²) in [5.41, 5.74) is 3.20. The molecule has 1 aromatic carbocycles. The summed E-state index contributed by atoms with van der Waals surface area (Å²) in [7, 11) is 0. The molecule has 0 saturated carbocycles. The number of hydrogen-bond donors (Lipinski definition) is 1. The van der Waals surface area contributed by atoms with Gasteiger partial charge in [0.15, 0.2) is 4.80 Å². The Morgan fingerprint density at radius 2 is 1.94 bits per heavy atom. The molecule has 0 bridgehead atoms. The van der Waals surface area contributed by atoms with Crippen LogP contribution in [-0.2, 0) is 11.3 Å². The van der Waals surface area contributed by atoms with E-state index in [2.05, 4.69) is 15.4 Å². The van der Waals surface area contributed by atoms with Gasteiger partial charge in [-0.1, -0.05) is 29.5 Å². The summed E-state index contributed by atoms with van der Waals surface area (Å²) in [6.07, 6.45) is 3.60. The molecule has 4 heterocycles. The lowest BCUT2D eigenvalue weighted by Gasteiger charge is -2.23. The van der Waals surface area contributed by atoms with E-state index in [4.69, 9.17) is 4.42 Å². The van der Waals surface area contributed by atoms with E-state index in [1.807, 2.05) is 67.9 Å². The zero-order valence-electron chi connectivity index (χ0n) is 19.9. The fourth-order valence-electron chi connectivity index (χ4n) is 4.26. The first-order valence-corrected chi connectivity index (χ1v) is 12.2. The summed E-state index contributed by atoms with van der Waals surface area (Å²) in [4.78, 5) is 32.3. The van der Waals surface area contributed by atoms with Gasteiger partial charge in [-0.25, -0.2) is 4.99 Å². The van der Waals surface area contributed by atoms with E-state index in [9.17, 15) is 9.59 Å². The normalized spacial score (nSPS) is 15.8. The number of aryl methyl sites for hydroxylation is 2. The van der Waals surface area contributed by atoms with E-state index in [0.717, 1.165) is 17.8 Å². The third-order valence-electron chi connectivity index (χ3n) is 6.06. The number of furan rings is 1. The van der Waals surface area contributed by atoms with Crippen LogP contribution >= 0.6 is 11.3 Å². The molecule has 9 heteroatoms. The fraction of sp³-hybridized carbons (Fsp3) is 0.231. The highest BCUT2D eigenvalue weighted by Gasteiger charge is 2.34. The van der Waals surface area contributed by atoms with Crippen LogP contribution < -0.4 is 20.2 Å². The maximum atomic E-state index is 13.7. The van der Waals surface area contributed by atoms with Crippen molar-refractivity contribution in [3.05, 3.63) is 102 Å². The second kappa shape index (κ2) is 8.99. The maximum Gasteiger partial charge on any atom is 0.271 e. The largest absolute Gasteiger partial charge is 0.464 e. The lowest BCUT2D eigenvalue weighted by atomic mass is 10.00. The molecule has 3 aromatic heterocycles. The molecule has 0 aliphatic carbocycles. The Kier molecular flexibility index (Phi) is 5.86. The monoisotopic (exact) mass is 487 g/mol. The number of nitrogens with zero attached hydrogens (tertiary/aromatic N) is 4. The van der Waals surface area contributed by atoms with Gasteiger partial charge in [-0.3, -0.25) is 18.8 Å². The molecule has 8 nitrogen and oxygen atoms in total. The first kappa shape index (κ1) is 22.8. The predicted molar refractivity (Wildman–Crippen MR) is 135 cm³/mol. The van der Waals surface area contributed by atoms with Crippen LogP contribution in [0.5, 0.6) is 0 Å². The number of hydrogen-bond acceptors (Lipinski definition) is 6. The Hall–Kier alpha value is -3.98. The van der Waals surface area contributed by atoms with E-state index in [-0.39, 0.29) is 11.5 Å². The summed E-state index contributed by atoms with van der Waals surface area (Å²) in [5.74, 6) is 0.880. The minimum atomic E-state index is -0.731. The number of carbonyl (C=O) groups is 1. The van der Waals surface area contributed by atoms with Crippen molar-refractivity contribution >= 4 is 29.0 Å². The molecule has 1 N–H and O–H groups in total. The first-order chi connectivity index (χ1) is 16.9. The zero-order chi connectivity index (χ0) is 24.7. The molecule has 1 unspecified atom stereocenters. The van der Waals surface area contributed by atoms with E-state index >= 15 is 0 Å². The molecule has 1 aliphatic rings. The molecule has 4 aromatic rings. The molecule has 35 heavy (non-hydrogen) atoms. The average molecular weight is 488 g/mol. The molecule has 0 spiro atoms. The van der Waals surface area contributed by atoms with Gasteiger partial charge in [0.25, 0.3) is 11.5 Å². The number of thiazole rings is 1. The number of aromatic nitrogens is 3. The van der Waals surface area contributed by atoms with Crippen LogP contribution in [0.3, 0.4) is 0 Å². The maximum absolute atomic E-state index is 13.7. The van der Waals surface area contributed by atoms with Crippen molar-refractivity contribution in [1.29, 1.82) is 0 Å². The van der Waals surface area contributed by atoms with Gasteiger partial charge in [-0.2, -0.15) is 5.10 Å². The highest BCUT2D eigenvalue weighted by atomic mass is 32.1. The van der Waals surface area contributed by atoms with E-state index in [1.54, 1.807) is 23.8 Å². The minimum Gasteiger partial charge on any atom is -0.464 e. The first-order valence-electron chi connectivity index (χ1n) is 11.3. The summed E-state index contributed by atoms with van der Waals surface area (Å²) in [6, 6.07) is 12.1. The molecular weight excluding hydrogens is 462 g/mol. The molecule has 5 rings (SSSR count). The van der Waals surface area contributed by atoms with Gasteiger partial charge in [-0.15, -0.1) is 0 Å². The van der Waals surface area contributed by atoms with Crippen molar-refractivity contribution in [1.82, 2.24) is 14.3 Å². The quantitative estimate of drug-likeness (QED) is 0.467. The smallest absolute Gasteiger partial charge is 0.271 e. The average Bonchev–Trinajstić information content (AvgIpc) is 3.51. The van der Waals surface area contributed by atoms with Crippen LogP contribution in [0.15, 0.2) is 74.1 Å². The van der Waals surface area contributed by atoms with Crippen molar-refractivity contribution in [3.8, 4) is 0 Å². The number of nitrogens with one attached hydrogen (secondary N) is 1. The van der Waals surface area contributed by atoms with Crippen molar-refractivity contribution < 1.29 is 9.21 Å². The summed E-state index contributed by atoms with van der Waals surface area (Å²) < 4.78 is 9.90. The van der Waals surface area contributed by atoms with E-state index in [0.29, 0.717) is 37.8 Å². The SMILES string of the molecule is CCn1ncc(/C=c2/sc3n(c2=O)C(c2ccc(C)o2)C(C(=O)Nc2ccccc2)=C(C)N=3)c1C. The van der Waals surface area contributed by atoms with Crippen molar-refractivity contribution in [2.75, 3.05) is 5.32 Å². The Bertz CT molecular complexity index is 1640. The second-order valence-corrected chi connectivity index (χ2v) is 9.36. The van der Waals surface area contributed by atoms with Gasteiger partial charge >= 0.3 is 0 Å². The van der Waals surface area contributed by atoms with Crippen molar-refractivity contribution in [3.63, 3.8) is 0 Å². The second-order valence-electron chi connectivity index (χ2n) is 8.35. The molecule has 1 aliphatic heterocycles. The van der Waals surface area contributed by atoms with Crippen LogP contribution in [0.1, 0.15) is 42.7 Å². The molecular formula is C26H25N5O3S. The van der Waals surface area contributed by atoms with Gasteiger partial charge in [0.1, 0.15) is 17.6 Å². The van der Waals surface area contributed by atoms with Crippen molar-refractivity contribution in [2.24, 2.45) is 4.99 Å². The number of carbonyl (C=O) groups excluding carboxylic acids is 1. The highest BCUT2D eigenvalue weighted by molar-refractivity contribution is 7.07. The van der Waals surface area contributed by atoms with Crippen LogP contribution in [0.25, 0.3) is 6.08 Å². The van der Waals surface area contributed by atoms with Crippen LogP contribution in [0.4, 0.5) is 5.69 Å². The van der Waals surface area contributed by atoms with E-state index < -0.39 is 6.04 Å². The van der Waals surface area contributed by atoms with Gasteiger partial charge < -0.3 is 9.73 Å². The minimum absolute atomic E-state index is 0.228. The standard InChI is InChI=1S/C26H25N5O3S/c1-5-30-17(4)18(14-27-30)13-21-25(33)31-23(20-12-11-15(2)34-20)22(16(3)28-26(31)35-21)24(32)29-19-9-7-6-8-10-19/h6-14,23H,5H2,1-4H3,(H,29,32)/b21-13+. The predicted octanol–water partition coefficient (Wildman–Crippen LogP) is 3.30. The summed E-state index contributed by atoms with van der Waals surface area (Å²) in [6.45, 7) is 8.37. The third kappa shape index (κ3) is 4.08. The highest BCUT2D eigenvalue weighted by Crippen LogP contribution is 2.31. The number of anilines is 1. The molecule has 0 fully saturated rings. The number of rotatable bonds is 5. The van der Waals surface area contributed by atoms with Crippen LogP contribution in [-0.4, -0.2) is 20.3 Å². The topological polar surface area (TPSA) is 94.4 Å². The number of amides is 1. The van der Waals surface area contributed by atoms with Gasteiger partial charge in [0.05, 0.1) is 22.0 Å². The Morgan fingerprint density at radius 1 is 1.17 bits per heavy atom. The number of allylic oxidation sites excluding steroid dienone is 1. The molecule has 178 valence electrons. The molecule has 0 saturated heterocycles. The molecule has 1 atom stereocenters. The van der Waals surface area contributed by atoms with Gasteiger partial charge in [-0.05, 0) is 58.0 Å². The lowest BCUT2D eigenvalue weighted by molar-refractivity contribution is -0.113. The van der Waals surface area contributed by atoms with E-state index in [1.165, 1.54) is 11.3 Å². The Labute approximate surface area is 205 Å². The zero-order valence-corrected chi connectivity index (χ0v) is 20.7. The lowest BCUT2D eigenvalue weighted by Crippen LogP contribution is -2.40. The third-order valence-corrected chi connectivity index (χ3v) is 7.04. The summed E-state index contributed by atoms with van der Waals surface area (Å²) >= 11 is 1.29. The number of fused-ring (bicyclic) bond motifs is 1. The van der Waals surface area contributed by atoms with Crippen LogP contribution in [0, 0.1) is 13.8 Å².